The van der Waals surface area contributed by atoms with Crippen LogP contribution in [0.15, 0.2) is 36.5 Å². The van der Waals surface area contributed by atoms with Gasteiger partial charge in [-0.25, -0.2) is 4.57 Å². The molecule has 0 rings (SSSR count). The van der Waals surface area contributed by atoms with E-state index in [4.69, 9.17) is 24.3 Å². The first-order valence-corrected chi connectivity index (χ1v) is 18.0. The highest BCUT2D eigenvalue weighted by molar-refractivity contribution is 7.47. The summed E-state index contributed by atoms with van der Waals surface area (Å²) in [6, 6.07) is 0. The molecule has 3 N–H and O–H groups in total. The van der Waals surface area contributed by atoms with Crippen LogP contribution in [-0.4, -0.2) is 49.9 Å². The van der Waals surface area contributed by atoms with Crippen molar-refractivity contribution in [1.29, 1.82) is 0 Å². The smallest absolute Gasteiger partial charge is 0.457 e. The largest absolute Gasteiger partial charge is 0.472 e. The molecule has 0 fully saturated rings. The van der Waals surface area contributed by atoms with Crippen LogP contribution in [0.4, 0.5) is 0 Å². The molecule has 0 aliphatic carbocycles. The van der Waals surface area contributed by atoms with E-state index in [1.165, 1.54) is 57.8 Å². The molecule has 0 aromatic carbocycles. The van der Waals surface area contributed by atoms with Gasteiger partial charge in [-0.2, -0.15) is 0 Å². The average molecular weight is 616 g/mol. The van der Waals surface area contributed by atoms with Gasteiger partial charge in [-0.15, -0.1) is 0 Å². The molecule has 0 radical (unpaired) electrons. The Morgan fingerprint density at radius 1 is 0.714 bits per heavy atom. The van der Waals surface area contributed by atoms with Crippen molar-refractivity contribution in [1.82, 2.24) is 0 Å². The summed E-state index contributed by atoms with van der Waals surface area (Å²) < 4.78 is 32.8. The Morgan fingerprint density at radius 2 is 1.26 bits per heavy atom. The topological polar surface area (TPSA) is 117 Å². The highest BCUT2D eigenvalue weighted by Gasteiger charge is 2.25. The number of hydrogen-bond donors (Lipinski definition) is 2. The van der Waals surface area contributed by atoms with Gasteiger partial charge in [-0.1, -0.05) is 108 Å². The number of allylic oxidation sites excluding steroid dienone is 6. The van der Waals surface area contributed by atoms with Crippen molar-refractivity contribution in [2.75, 3.05) is 33.0 Å². The fourth-order valence-corrected chi connectivity index (χ4v) is 4.88. The van der Waals surface area contributed by atoms with E-state index in [2.05, 4.69) is 50.3 Å². The van der Waals surface area contributed by atoms with Gasteiger partial charge in [0.15, 0.2) is 0 Å². The first kappa shape index (κ1) is 40.7. The number of unbranched alkanes of at least 4 members (excludes halogenated alkanes) is 12. The van der Waals surface area contributed by atoms with Gasteiger partial charge in [-0.3, -0.25) is 13.8 Å². The standard InChI is InChI=1S/C33H62NO7P/c1-3-5-7-8-9-10-11-12-13-14-15-16-17-18-19-20-21-22-23-25-28-38-30-32(41-33(35)26-24-6-4-2)31-40-42(36,37)39-29-27-34/h9-10,12-13,15-16,32H,3-8,11,14,17-31,34H2,1-2H3,(H,36,37)/b10-9-,13-12-,16-15-. The van der Waals surface area contributed by atoms with Gasteiger partial charge < -0.3 is 20.1 Å². The molecule has 0 spiro atoms. The second kappa shape index (κ2) is 31.2. The average Bonchev–Trinajstić information content (AvgIpc) is 2.97. The lowest BCUT2D eigenvalue weighted by molar-refractivity contribution is -0.154. The van der Waals surface area contributed by atoms with Gasteiger partial charge in [0.1, 0.15) is 6.10 Å². The van der Waals surface area contributed by atoms with Crippen molar-refractivity contribution in [3.63, 3.8) is 0 Å². The molecule has 0 amide bonds. The molecule has 2 unspecified atom stereocenters. The third kappa shape index (κ3) is 30.2. The third-order valence-electron chi connectivity index (χ3n) is 6.56. The van der Waals surface area contributed by atoms with Crippen LogP contribution in [0.3, 0.4) is 0 Å². The zero-order valence-electron chi connectivity index (χ0n) is 26.7. The number of carbonyl (C=O) groups excluding carboxylic acids is 1. The Hall–Kier alpha value is -1.28. The Balaban J connectivity index is 3.88. The number of nitrogens with two attached hydrogens (primary N) is 1. The van der Waals surface area contributed by atoms with Gasteiger partial charge in [-0.05, 0) is 51.4 Å². The Labute approximate surface area is 257 Å². The van der Waals surface area contributed by atoms with Gasteiger partial charge in [0.2, 0.25) is 0 Å². The van der Waals surface area contributed by atoms with E-state index in [9.17, 15) is 14.3 Å². The van der Waals surface area contributed by atoms with E-state index in [1.807, 2.05) is 0 Å². The first-order valence-electron chi connectivity index (χ1n) is 16.5. The lowest BCUT2D eigenvalue weighted by Gasteiger charge is -2.20. The van der Waals surface area contributed by atoms with Crippen LogP contribution in [0, 0.1) is 0 Å². The SMILES string of the molecule is CCCCC/C=C\C/C=C\C/C=C\CCCCCCCCCOCC(COP(=O)(O)OCCN)OC(=O)CCCCC. The molecule has 42 heavy (non-hydrogen) atoms. The summed E-state index contributed by atoms with van der Waals surface area (Å²) in [5, 5.41) is 0. The zero-order chi connectivity index (χ0) is 31.0. The molecule has 2 atom stereocenters. The van der Waals surface area contributed by atoms with Crippen LogP contribution in [0.5, 0.6) is 0 Å². The van der Waals surface area contributed by atoms with Crippen molar-refractivity contribution >= 4 is 13.8 Å². The number of phosphoric acid groups is 1. The number of hydrogen-bond acceptors (Lipinski definition) is 7. The number of carbonyl (C=O) groups is 1. The second-order valence-electron chi connectivity index (χ2n) is 10.7. The predicted molar refractivity (Wildman–Crippen MR) is 173 cm³/mol. The number of phosphoric ester groups is 1. The number of esters is 1. The minimum Gasteiger partial charge on any atom is -0.457 e. The Kier molecular flexibility index (Phi) is 30.2. The minimum absolute atomic E-state index is 0.0974. The summed E-state index contributed by atoms with van der Waals surface area (Å²) in [6.45, 7) is 4.67. The zero-order valence-corrected chi connectivity index (χ0v) is 27.6. The molecule has 0 heterocycles. The van der Waals surface area contributed by atoms with Gasteiger partial charge in [0.25, 0.3) is 0 Å². The maximum Gasteiger partial charge on any atom is 0.472 e. The molecule has 8 nitrogen and oxygen atoms in total. The highest BCUT2D eigenvalue weighted by Crippen LogP contribution is 2.43. The molecular weight excluding hydrogens is 553 g/mol. The monoisotopic (exact) mass is 615 g/mol. The van der Waals surface area contributed by atoms with E-state index in [1.54, 1.807) is 0 Å². The van der Waals surface area contributed by atoms with Crippen LogP contribution < -0.4 is 5.73 Å². The van der Waals surface area contributed by atoms with Crippen LogP contribution in [0.25, 0.3) is 0 Å². The summed E-state index contributed by atoms with van der Waals surface area (Å²) in [6.07, 6.45) is 32.3. The summed E-state index contributed by atoms with van der Waals surface area (Å²) in [7, 11) is -4.25. The third-order valence-corrected chi connectivity index (χ3v) is 7.54. The van der Waals surface area contributed by atoms with Crippen molar-refractivity contribution in [2.45, 2.75) is 136 Å². The summed E-state index contributed by atoms with van der Waals surface area (Å²) in [5.41, 5.74) is 5.30. The molecule has 9 heteroatoms. The number of rotatable bonds is 31. The maximum atomic E-state index is 12.1. The summed E-state index contributed by atoms with van der Waals surface area (Å²) in [5.74, 6) is -0.361. The predicted octanol–water partition coefficient (Wildman–Crippen LogP) is 8.74. The fraction of sp³-hybridized carbons (Fsp3) is 0.788. The molecule has 0 aromatic rings. The van der Waals surface area contributed by atoms with E-state index >= 15 is 0 Å². The lowest BCUT2D eigenvalue weighted by atomic mass is 10.1. The van der Waals surface area contributed by atoms with Crippen molar-refractivity contribution in [3.05, 3.63) is 36.5 Å². The Morgan fingerprint density at radius 3 is 1.88 bits per heavy atom. The molecule has 246 valence electrons. The first-order chi connectivity index (χ1) is 20.4. The van der Waals surface area contributed by atoms with Gasteiger partial charge >= 0.3 is 13.8 Å². The van der Waals surface area contributed by atoms with Crippen LogP contribution in [-0.2, 0) is 27.9 Å². The van der Waals surface area contributed by atoms with Gasteiger partial charge in [0, 0.05) is 19.6 Å². The summed E-state index contributed by atoms with van der Waals surface area (Å²) >= 11 is 0. The van der Waals surface area contributed by atoms with Crippen molar-refractivity contribution < 1.29 is 32.8 Å². The van der Waals surface area contributed by atoms with Crippen LogP contribution in [0.1, 0.15) is 129 Å². The van der Waals surface area contributed by atoms with Crippen LogP contribution in [0.2, 0.25) is 0 Å². The molecule has 0 aliphatic rings. The molecule has 0 aromatic heterocycles. The van der Waals surface area contributed by atoms with E-state index < -0.39 is 13.9 Å². The van der Waals surface area contributed by atoms with E-state index in [-0.39, 0.29) is 32.3 Å². The minimum atomic E-state index is -4.25. The van der Waals surface area contributed by atoms with E-state index in [0.29, 0.717) is 13.0 Å². The molecule has 0 bridgehead atoms. The van der Waals surface area contributed by atoms with Gasteiger partial charge in [0.05, 0.1) is 19.8 Å². The quantitative estimate of drug-likeness (QED) is 0.0344. The number of ether oxygens (including phenoxy) is 2. The van der Waals surface area contributed by atoms with Crippen LogP contribution >= 0.6 is 7.82 Å². The summed E-state index contributed by atoms with van der Waals surface area (Å²) in [4.78, 5) is 21.8. The Bertz CT molecular complexity index is 742. The molecule has 0 saturated carbocycles. The highest BCUT2D eigenvalue weighted by atomic mass is 31.2. The molecule has 0 aliphatic heterocycles. The molecular formula is C33H62NO7P. The normalized spacial score (nSPS) is 14.3. The maximum absolute atomic E-state index is 12.1. The van der Waals surface area contributed by atoms with Crippen molar-refractivity contribution in [3.8, 4) is 0 Å². The van der Waals surface area contributed by atoms with E-state index in [0.717, 1.165) is 51.4 Å². The second-order valence-corrected chi connectivity index (χ2v) is 12.1. The van der Waals surface area contributed by atoms with Crippen molar-refractivity contribution in [2.24, 2.45) is 5.73 Å². The lowest BCUT2D eigenvalue weighted by Crippen LogP contribution is -2.28. The fourth-order valence-electron chi connectivity index (χ4n) is 4.12. The molecule has 0 saturated heterocycles.